The molecule has 23 heavy (non-hydrogen) atoms. The van der Waals surface area contributed by atoms with Gasteiger partial charge in [0.05, 0.1) is 5.02 Å². The van der Waals surface area contributed by atoms with Crippen LogP contribution in [0.3, 0.4) is 0 Å². The number of nitrogens with one attached hydrogen (secondary N) is 2. The Bertz CT molecular complexity index is 844. The van der Waals surface area contributed by atoms with E-state index in [-0.39, 0.29) is 10.9 Å². The molecular formula is C18H16ClFN2O. The topological polar surface area (TPSA) is 44.9 Å². The first-order valence-corrected chi connectivity index (χ1v) is 7.76. The second kappa shape index (κ2) is 6.84. The van der Waals surface area contributed by atoms with Gasteiger partial charge in [0.15, 0.2) is 0 Å². The van der Waals surface area contributed by atoms with Gasteiger partial charge in [0.25, 0.3) is 0 Å². The zero-order valence-corrected chi connectivity index (χ0v) is 13.2. The standard InChI is InChI=1S/C18H16ClFN2O/c19-15-9-13(2-5-16(15)20)11-22-18(23)6-3-12-1-4-14-7-8-21-17(14)10-12/h1-2,4-5,7-10,21H,3,6,11H2,(H,22,23). The summed E-state index contributed by atoms with van der Waals surface area (Å²) in [6.45, 7) is 0.342. The molecule has 0 atom stereocenters. The fourth-order valence-corrected chi connectivity index (χ4v) is 2.65. The van der Waals surface area contributed by atoms with E-state index in [1.54, 1.807) is 6.07 Å². The zero-order chi connectivity index (χ0) is 16.2. The molecule has 0 spiro atoms. The van der Waals surface area contributed by atoms with Gasteiger partial charge in [-0.25, -0.2) is 4.39 Å². The van der Waals surface area contributed by atoms with Crippen LogP contribution < -0.4 is 5.32 Å². The Kier molecular flexibility index (Phi) is 4.63. The molecule has 0 aliphatic rings. The number of hydrogen-bond acceptors (Lipinski definition) is 1. The van der Waals surface area contributed by atoms with E-state index in [1.807, 2.05) is 24.4 Å². The molecule has 1 heterocycles. The molecule has 0 unspecified atom stereocenters. The van der Waals surface area contributed by atoms with E-state index in [2.05, 4.69) is 16.4 Å². The van der Waals surface area contributed by atoms with Crippen LogP contribution in [-0.2, 0) is 17.8 Å². The monoisotopic (exact) mass is 330 g/mol. The van der Waals surface area contributed by atoms with Gasteiger partial charge in [0, 0.05) is 24.7 Å². The van der Waals surface area contributed by atoms with Gasteiger partial charge in [-0.05, 0) is 47.2 Å². The highest BCUT2D eigenvalue weighted by Gasteiger charge is 2.05. The van der Waals surface area contributed by atoms with Crippen LogP contribution in [0.4, 0.5) is 4.39 Å². The highest BCUT2D eigenvalue weighted by Crippen LogP contribution is 2.16. The van der Waals surface area contributed by atoms with Crippen molar-refractivity contribution in [1.82, 2.24) is 10.3 Å². The van der Waals surface area contributed by atoms with Crippen LogP contribution in [0.1, 0.15) is 17.5 Å². The summed E-state index contributed by atoms with van der Waals surface area (Å²) in [5.41, 5.74) is 2.96. The molecule has 0 bridgehead atoms. The number of carbonyl (C=O) groups is 1. The highest BCUT2D eigenvalue weighted by molar-refractivity contribution is 6.30. The first-order chi connectivity index (χ1) is 11.1. The van der Waals surface area contributed by atoms with Crippen molar-refractivity contribution in [3.63, 3.8) is 0 Å². The maximum atomic E-state index is 13.1. The van der Waals surface area contributed by atoms with Crippen molar-refractivity contribution in [2.24, 2.45) is 0 Å². The fraction of sp³-hybridized carbons (Fsp3) is 0.167. The number of benzene rings is 2. The summed E-state index contributed by atoms with van der Waals surface area (Å²) in [5, 5.41) is 4.04. The minimum absolute atomic E-state index is 0.0444. The number of rotatable bonds is 5. The largest absolute Gasteiger partial charge is 0.361 e. The molecule has 3 nitrogen and oxygen atoms in total. The lowest BCUT2D eigenvalue weighted by Gasteiger charge is -2.06. The van der Waals surface area contributed by atoms with E-state index < -0.39 is 5.82 Å². The number of amides is 1. The normalized spacial score (nSPS) is 10.9. The van der Waals surface area contributed by atoms with Crippen LogP contribution in [0.25, 0.3) is 10.9 Å². The average Bonchev–Trinajstić information content (AvgIpc) is 3.01. The smallest absolute Gasteiger partial charge is 0.220 e. The summed E-state index contributed by atoms with van der Waals surface area (Å²) in [5.74, 6) is -0.501. The number of aromatic amines is 1. The van der Waals surface area contributed by atoms with Crippen molar-refractivity contribution in [3.8, 4) is 0 Å². The number of H-pyrrole nitrogens is 1. The van der Waals surface area contributed by atoms with E-state index in [4.69, 9.17) is 11.6 Å². The Labute approximate surface area is 138 Å². The molecule has 5 heteroatoms. The van der Waals surface area contributed by atoms with Crippen molar-refractivity contribution < 1.29 is 9.18 Å². The number of carbonyl (C=O) groups excluding carboxylic acids is 1. The summed E-state index contributed by atoms with van der Waals surface area (Å²) in [6, 6.07) is 12.6. The molecule has 0 saturated heterocycles. The summed E-state index contributed by atoms with van der Waals surface area (Å²) < 4.78 is 13.1. The van der Waals surface area contributed by atoms with Gasteiger partial charge < -0.3 is 10.3 Å². The molecule has 2 N–H and O–H groups in total. The van der Waals surface area contributed by atoms with Crippen molar-refractivity contribution in [3.05, 3.63) is 70.6 Å². The van der Waals surface area contributed by atoms with E-state index in [0.29, 0.717) is 19.4 Å². The molecule has 3 aromatic rings. The molecule has 0 fully saturated rings. The van der Waals surface area contributed by atoms with Crippen molar-refractivity contribution in [2.45, 2.75) is 19.4 Å². The summed E-state index contributed by atoms with van der Waals surface area (Å²) in [7, 11) is 0. The third-order valence-corrected chi connectivity index (χ3v) is 4.02. The predicted octanol–water partition coefficient (Wildman–Crippen LogP) is 4.21. The Morgan fingerprint density at radius 2 is 1.96 bits per heavy atom. The number of aryl methyl sites for hydroxylation is 1. The van der Waals surface area contributed by atoms with Crippen LogP contribution >= 0.6 is 11.6 Å². The Balaban J connectivity index is 1.51. The maximum Gasteiger partial charge on any atom is 0.220 e. The van der Waals surface area contributed by atoms with Crippen molar-refractivity contribution in [2.75, 3.05) is 0 Å². The van der Waals surface area contributed by atoms with Crippen LogP contribution in [0.15, 0.2) is 48.7 Å². The summed E-state index contributed by atoms with van der Waals surface area (Å²) in [6.07, 6.45) is 2.97. The Morgan fingerprint density at radius 3 is 2.78 bits per heavy atom. The molecule has 2 aromatic carbocycles. The first kappa shape index (κ1) is 15.6. The Hall–Kier alpha value is -2.33. The number of aromatic nitrogens is 1. The molecular weight excluding hydrogens is 315 g/mol. The second-order valence-electron chi connectivity index (χ2n) is 5.42. The van der Waals surface area contributed by atoms with Crippen LogP contribution in [0.5, 0.6) is 0 Å². The van der Waals surface area contributed by atoms with Gasteiger partial charge in [-0.1, -0.05) is 29.8 Å². The maximum absolute atomic E-state index is 13.1. The van der Waals surface area contributed by atoms with Gasteiger partial charge >= 0.3 is 0 Å². The Morgan fingerprint density at radius 1 is 1.13 bits per heavy atom. The van der Waals surface area contributed by atoms with Crippen LogP contribution in [0.2, 0.25) is 5.02 Å². The van der Waals surface area contributed by atoms with Gasteiger partial charge in [0.2, 0.25) is 5.91 Å². The quantitative estimate of drug-likeness (QED) is 0.723. The van der Waals surface area contributed by atoms with Crippen LogP contribution in [-0.4, -0.2) is 10.9 Å². The minimum Gasteiger partial charge on any atom is -0.361 e. The van der Waals surface area contributed by atoms with Gasteiger partial charge in [-0.15, -0.1) is 0 Å². The third-order valence-electron chi connectivity index (χ3n) is 3.73. The van der Waals surface area contributed by atoms with E-state index in [9.17, 15) is 9.18 Å². The van der Waals surface area contributed by atoms with E-state index >= 15 is 0 Å². The molecule has 118 valence electrons. The number of halogens is 2. The predicted molar refractivity (Wildman–Crippen MR) is 89.9 cm³/mol. The van der Waals surface area contributed by atoms with Crippen LogP contribution in [0, 0.1) is 5.82 Å². The molecule has 0 aliphatic carbocycles. The minimum atomic E-state index is -0.457. The van der Waals surface area contributed by atoms with Gasteiger partial charge in [-0.2, -0.15) is 0 Å². The zero-order valence-electron chi connectivity index (χ0n) is 12.4. The van der Waals surface area contributed by atoms with Gasteiger partial charge in [0.1, 0.15) is 5.82 Å². The fourth-order valence-electron chi connectivity index (χ4n) is 2.45. The lowest BCUT2D eigenvalue weighted by molar-refractivity contribution is -0.121. The van der Waals surface area contributed by atoms with Crippen molar-refractivity contribution >= 4 is 28.4 Å². The van der Waals surface area contributed by atoms with E-state index in [0.717, 1.165) is 22.0 Å². The third kappa shape index (κ3) is 3.90. The number of fused-ring (bicyclic) bond motifs is 1. The lowest BCUT2D eigenvalue weighted by Crippen LogP contribution is -2.23. The number of hydrogen-bond donors (Lipinski definition) is 2. The molecule has 3 rings (SSSR count). The molecule has 0 saturated carbocycles. The second-order valence-corrected chi connectivity index (χ2v) is 5.83. The lowest BCUT2D eigenvalue weighted by atomic mass is 10.1. The summed E-state index contributed by atoms with van der Waals surface area (Å²) in [4.78, 5) is 15.1. The molecule has 1 amide bonds. The average molecular weight is 331 g/mol. The highest BCUT2D eigenvalue weighted by atomic mass is 35.5. The summed E-state index contributed by atoms with van der Waals surface area (Å²) >= 11 is 5.72. The first-order valence-electron chi connectivity index (χ1n) is 7.38. The van der Waals surface area contributed by atoms with E-state index in [1.165, 1.54) is 12.1 Å². The van der Waals surface area contributed by atoms with Gasteiger partial charge in [-0.3, -0.25) is 4.79 Å². The SMILES string of the molecule is O=C(CCc1ccc2cc[nH]c2c1)NCc1ccc(F)c(Cl)c1. The molecule has 0 aliphatic heterocycles. The van der Waals surface area contributed by atoms with Crippen molar-refractivity contribution in [1.29, 1.82) is 0 Å². The molecule has 1 aromatic heterocycles. The molecule has 0 radical (unpaired) electrons.